The number of hydrogen-bond donors (Lipinski definition) is 1. The van der Waals surface area contributed by atoms with Crippen LogP contribution in [0.25, 0.3) is 118 Å². The van der Waals surface area contributed by atoms with Gasteiger partial charge in [-0.25, -0.2) is 0 Å². The van der Waals surface area contributed by atoms with Crippen molar-refractivity contribution in [2.45, 2.75) is 83.1 Å². The summed E-state index contributed by atoms with van der Waals surface area (Å²) >= 11 is 0. The molecule has 3 heterocycles. The van der Waals surface area contributed by atoms with Crippen LogP contribution in [0.5, 0.6) is 0 Å². The molecule has 0 unspecified atom stereocenters. The molecule has 3 aromatic heterocycles. The summed E-state index contributed by atoms with van der Waals surface area (Å²) in [6.45, 7) is 24.4. The molecule has 17 aromatic rings. The maximum absolute atomic E-state index is 6.20. The third kappa shape index (κ3) is 16.6. The monoisotopic (exact) mass is 1410 g/mol. The van der Waals surface area contributed by atoms with E-state index in [0.717, 1.165) is 161 Å². The van der Waals surface area contributed by atoms with E-state index in [1.807, 2.05) is 213 Å². The first kappa shape index (κ1) is 74.1. The van der Waals surface area contributed by atoms with Crippen molar-refractivity contribution < 1.29 is 0 Å². The molecule has 0 bridgehead atoms. The number of nitrogen functional groups attached to an aromatic ring is 1. The van der Waals surface area contributed by atoms with Crippen LogP contribution in [0.1, 0.15) is 99.9 Å². The molecule has 0 aliphatic rings. The third-order valence-corrected chi connectivity index (χ3v) is 17.9. The largest absolute Gasteiger partial charge is 0.397 e. The molecule has 0 aliphatic carbocycles. The molecule has 0 spiro atoms. The molecular weight excluding hydrogens is 1330 g/mol. The second kappa shape index (κ2) is 34.8. The van der Waals surface area contributed by atoms with E-state index < -0.39 is 0 Å². The molecule has 0 amide bonds. The maximum atomic E-state index is 6.20. The zero-order valence-corrected chi connectivity index (χ0v) is 63.0. The number of aryl methyl sites for hydroxylation is 4. The van der Waals surface area contributed by atoms with Crippen LogP contribution in [0.15, 0.2) is 298 Å². The summed E-state index contributed by atoms with van der Waals surface area (Å²) in [7, 11) is 0. The number of azo groups is 3. The fourth-order valence-corrected chi connectivity index (χ4v) is 12.4. The van der Waals surface area contributed by atoms with E-state index in [2.05, 4.69) is 197 Å². The number of aromatic nitrogens is 9. The van der Waals surface area contributed by atoms with Crippen molar-refractivity contribution in [1.29, 1.82) is 0 Å². The van der Waals surface area contributed by atoms with Crippen LogP contribution in [-0.4, -0.2) is 45.0 Å². The Kier molecular flexibility index (Phi) is 23.9. The highest BCUT2D eigenvalue weighted by Gasteiger charge is 2.14. The Morgan fingerprint density at radius 1 is 0.259 bits per heavy atom. The Hall–Kier alpha value is -13.6. The standard InChI is InChI=1S/C42H30N8.C42H32N8.4C2H6/c1-27-25-34(44-43-33-18-21-35(22-19-33)49-45-39-23-15-31-7-3-5-9-37(31)41(39)47-49)17-13-29(27)11-12-30-14-20-36(26-28(30)2)50-46-40-24-16-32-8-4-6-10-38(32)42(40)48-50;1-27-25-35(46-44-33-18-20-34(21-19-33)45-47-41-37-9-5-3-7-31(37)15-23-39(41)43)17-13-29(27)11-12-30-14-22-36(26-28(30)2)50-48-40-24-16-32-8-4-6-10-38(32)42(40)49-50;4*1-2/h3-26H,1-2H3;3-26H,43H2,1-2H3;4*1-2H3. The highest BCUT2D eigenvalue weighted by molar-refractivity contribution is 6.06. The maximum Gasteiger partial charge on any atom is 0.121 e. The summed E-state index contributed by atoms with van der Waals surface area (Å²) in [5.41, 5.74) is 28.2. The van der Waals surface area contributed by atoms with Gasteiger partial charge in [0, 0.05) is 21.5 Å². The summed E-state index contributed by atoms with van der Waals surface area (Å²) in [6, 6.07) is 88.9. The van der Waals surface area contributed by atoms with E-state index in [0.29, 0.717) is 17.1 Å². The Morgan fingerprint density at radius 3 is 0.907 bits per heavy atom. The Morgan fingerprint density at radius 2 is 0.537 bits per heavy atom. The Labute approximate surface area is 629 Å². The number of benzene rings is 14. The number of fused-ring (bicyclic) bond motifs is 10. The van der Waals surface area contributed by atoms with Crippen molar-refractivity contribution in [2.75, 3.05) is 5.73 Å². The van der Waals surface area contributed by atoms with E-state index in [4.69, 9.17) is 31.2 Å². The zero-order chi connectivity index (χ0) is 75.6. The summed E-state index contributed by atoms with van der Waals surface area (Å²) in [5, 5.41) is 64.1. The number of rotatable bonds is 13. The molecule has 0 aliphatic heterocycles. The van der Waals surface area contributed by atoms with Gasteiger partial charge in [0.15, 0.2) is 0 Å². The van der Waals surface area contributed by atoms with E-state index in [1.54, 1.807) is 14.4 Å². The van der Waals surface area contributed by atoms with Crippen molar-refractivity contribution >= 4 is 140 Å². The third-order valence-electron chi connectivity index (χ3n) is 17.9. The van der Waals surface area contributed by atoms with Crippen LogP contribution in [0.2, 0.25) is 0 Å². The highest BCUT2D eigenvalue weighted by Crippen LogP contribution is 2.35. The first-order valence-corrected chi connectivity index (χ1v) is 36.8. The van der Waals surface area contributed by atoms with Crippen molar-refractivity contribution in [3.05, 3.63) is 311 Å². The summed E-state index contributed by atoms with van der Waals surface area (Å²) in [6.07, 6.45) is 8.55. The average Bonchev–Trinajstić information content (AvgIpc) is 1.63. The lowest BCUT2D eigenvalue weighted by Gasteiger charge is -2.06. The summed E-state index contributed by atoms with van der Waals surface area (Å²) in [4.78, 5) is 5.12. The lowest BCUT2D eigenvalue weighted by Crippen LogP contribution is -1.99. The minimum atomic E-state index is 0.589. The van der Waals surface area contributed by atoms with Gasteiger partial charge in [-0.3, -0.25) is 0 Å². The second-order valence-electron chi connectivity index (χ2n) is 24.6. The highest BCUT2D eigenvalue weighted by atomic mass is 15.5. The fourth-order valence-electron chi connectivity index (χ4n) is 12.4. The minimum Gasteiger partial charge on any atom is -0.397 e. The molecular formula is C92H86N16. The van der Waals surface area contributed by atoms with Crippen LogP contribution < -0.4 is 5.73 Å². The quantitative estimate of drug-likeness (QED) is 0.0674. The molecule has 16 heteroatoms. The molecule has 2 N–H and O–H groups in total. The predicted octanol–water partition coefficient (Wildman–Crippen LogP) is 26.7. The van der Waals surface area contributed by atoms with Crippen LogP contribution in [-0.2, 0) is 0 Å². The van der Waals surface area contributed by atoms with Gasteiger partial charge in [0.1, 0.15) is 38.8 Å². The lowest BCUT2D eigenvalue weighted by molar-refractivity contribution is 0.765. The van der Waals surface area contributed by atoms with Gasteiger partial charge >= 0.3 is 0 Å². The van der Waals surface area contributed by atoms with Gasteiger partial charge in [0.25, 0.3) is 0 Å². The molecule has 108 heavy (non-hydrogen) atoms. The lowest BCUT2D eigenvalue weighted by atomic mass is 10.0. The van der Waals surface area contributed by atoms with Gasteiger partial charge in [-0.2, -0.15) is 40.0 Å². The molecule has 0 atom stereocenters. The van der Waals surface area contributed by atoms with Gasteiger partial charge in [0.2, 0.25) is 0 Å². The zero-order valence-electron chi connectivity index (χ0n) is 63.0. The first-order chi connectivity index (χ1) is 53.0. The fraction of sp³-hybridized carbons (Fsp3) is 0.130. The Balaban J connectivity index is 0.000000185. The molecule has 16 nitrogen and oxygen atoms in total. The van der Waals surface area contributed by atoms with Gasteiger partial charge < -0.3 is 5.73 Å². The number of anilines is 1. The SMILES string of the molecule is CC.CC.CC.CC.Cc1cc(N=Nc2ccc(-n3nc4ccc5ccccc5c4n3)cc2)ccc1C=Cc1ccc(-n2nc3ccc4ccccc4c3n2)cc1C.Cc1cc(N=Nc2ccc(N=Nc3c(N)ccc4ccccc34)cc2)ccc1C=Cc1ccc(-n2nc3ccc4ccccc4c3n2)cc1C. The van der Waals surface area contributed by atoms with Crippen LogP contribution in [0.4, 0.5) is 39.8 Å². The van der Waals surface area contributed by atoms with Crippen molar-refractivity contribution in [1.82, 2.24) is 45.0 Å². The molecule has 0 saturated carbocycles. The van der Waals surface area contributed by atoms with Crippen molar-refractivity contribution in [3.63, 3.8) is 0 Å². The van der Waals surface area contributed by atoms with Gasteiger partial charge in [0.05, 0.1) is 51.2 Å². The van der Waals surface area contributed by atoms with E-state index in [9.17, 15) is 0 Å². The van der Waals surface area contributed by atoms with Crippen LogP contribution >= 0.6 is 0 Å². The van der Waals surface area contributed by atoms with E-state index in [1.165, 1.54) is 0 Å². The predicted molar refractivity (Wildman–Crippen MR) is 452 cm³/mol. The topological polar surface area (TPSA) is 192 Å². The number of hydrogen-bond acceptors (Lipinski definition) is 13. The molecule has 0 radical (unpaired) electrons. The molecule has 14 aromatic carbocycles. The second-order valence-corrected chi connectivity index (χ2v) is 24.6. The molecule has 0 fully saturated rings. The van der Waals surface area contributed by atoms with Gasteiger partial charge in [-0.1, -0.05) is 225 Å². The molecule has 0 saturated heterocycles. The van der Waals surface area contributed by atoms with E-state index in [-0.39, 0.29) is 0 Å². The number of nitrogens with zero attached hydrogens (tertiary/aromatic N) is 15. The van der Waals surface area contributed by atoms with Crippen LogP contribution in [0.3, 0.4) is 0 Å². The molecule has 534 valence electrons. The normalized spacial score (nSPS) is 11.4. The van der Waals surface area contributed by atoms with E-state index >= 15 is 0 Å². The summed E-state index contributed by atoms with van der Waals surface area (Å²) in [5.74, 6) is 0. The first-order valence-electron chi connectivity index (χ1n) is 36.8. The van der Waals surface area contributed by atoms with Gasteiger partial charge in [-0.05, 0) is 215 Å². The summed E-state index contributed by atoms with van der Waals surface area (Å²) < 4.78 is 0. The van der Waals surface area contributed by atoms with Crippen LogP contribution in [0, 0.1) is 27.7 Å². The molecule has 17 rings (SSSR count). The van der Waals surface area contributed by atoms with Crippen molar-refractivity contribution in [3.8, 4) is 17.1 Å². The van der Waals surface area contributed by atoms with Crippen molar-refractivity contribution in [2.24, 2.45) is 30.7 Å². The minimum absolute atomic E-state index is 0.589. The smallest absolute Gasteiger partial charge is 0.121 e. The Bertz CT molecular complexity index is 6170. The number of nitrogens with two attached hydrogens (primary N) is 1. The van der Waals surface area contributed by atoms with Gasteiger partial charge in [-0.15, -0.1) is 35.7 Å². The average molecular weight is 1420 g/mol.